The van der Waals surface area contributed by atoms with Crippen LogP contribution in [0.2, 0.25) is 0 Å². The van der Waals surface area contributed by atoms with E-state index in [9.17, 15) is 19.2 Å². The lowest BCUT2D eigenvalue weighted by Gasteiger charge is -2.21. The van der Waals surface area contributed by atoms with Crippen molar-refractivity contribution in [3.05, 3.63) is 0 Å². The average Bonchev–Trinajstić information content (AvgIpc) is 2.70. The number of ether oxygens (including phenoxy) is 3. The van der Waals surface area contributed by atoms with Gasteiger partial charge in [0.05, 0.1) is 32.5 Å². The van der Waals surface area contributed by atoms with Crippen LogP contribution in [0, 0.1) is 33.5 Å². The Balaban J connectivity index is -0.000000471. The van der Waals surface area contributed by atoms with E-state index < -0.39 is 61.1 Å². The van der Waals surface area contributed by atoms with Gasteiger partial charge in [-0.2, -0.15) is 10.5 Å². The number of amides is 1. The highest BCUT2D eigenvalue weighted by Gasteiger charge is 2.41. The number of esters is 3. The second kappa shape index (κ2) is 15.7. The van der Waals surface area contributed by atoms with E-state index in [-0.39, 0.29) is 7.43 Å². The predicted molar refractivity (Wildman–Crippen MR) is 101 cm³/mol. The first kappa shape index (κ1) is 31.5. The van der Waals surface area contributed by atoms with Gasteiger partial charge >= 0.3 is 17.9 Å². The molecule has 1 amide bonds. The summed E-state index contributed by atoms with van der Waals surface area (Å²) >= 11 is 0. The first-order valence-corrected chi connectivity index (χ1v) is 8.22. The summed E-state index contributed by atoms with van der Waals surface area (Å²) in [5.74, 6) is -2.81. The molecule has 0 rings (SSSR count). The third-order valence-electron chi connectivity index (χ3n) is 3.36. The summed E-state index contributed by atoms with van der Waals surface area (Å²) < 4.78 is 13.4. The van der Waals surface area contributed by atoms with Gasteiger partial charge in [0.15, 0.2) is 5.41 Å². The van der Waals surface area contributed by atoms with Gasteiger partial charge in [0.1, 0.15) is 13.2 Å². The molecule has 0 aliphatic carbocycles. The van der Waals surface area contributed by atoms with Crippen LogP contribution in [-0.4, -0.2) is 74.1 Å². The molecule has 12 heteroatoms. The number of methoxy groups -OCH3 is 1. The predicted octanol–water partition coefficient (Wildman–Crippen LogP) is -0.951. The molecule has 2 unspecified atom stereocenters. The lowest BCUT2D eigenvalue weighted by atomic mass is 9.91. The van der Waals surface area contributed by atoms with Gasteiger partial charge in [0, 0.05) is 20.4 Å². The van der Waals surface area contributed by atoms with Crippen molar-refractivity contribution in [2.45, 2.75) is 28.2 Å². The van der Waals surface area contributed by atoms with Crippen molar-refractivity contribution in [1.82, 2.24) is 5.32 Å². The van der Waals surface area contributed by atoms with Crippen LogP contribution < -0.4 is 5.32 Å². The molecule has 0 saturated carbocycles. The number of rotatable bonds is 9. The zero-order chi connectivity index (χ0) is 23.1. The summed E-state index contributed by atoms with van der Waals surface area (Å²) in [6, 6.07) is 3.24. The maximum atomic E-state index is 11.5. The van der Waals surface area contributed by atoms with Gasteiger partial charge < -0.3 is 29.7 Å². The molecule has 0 spiro atoms. The molecule has 0 bridgehead atoms. The minimum Gasteiger partial charge on any atom is -0.468 e. The van der Waals surface area contributed by atoms with Gasteiger partial charge in [-0.3, -0.25) is 19.2 Å². The summed E-state index contributed by atoms with van der Waals surface area (Å²) in [6.07, 6.45) is 0. The number of hydrogen-bond acceptors (Lipinski definition) is 11. The van der Waals surface area contributed by atoms with Gasteiger partial charge in [-0.25, -0.2) is 0 Å². The zero-order valence-electron chi connectivity index (χ0n) is 16.7. The smallest absolute Gasteiger partial charge is 0.332 e. The number of aliphatic hydroxyl groups is 2. The van der Waals surface area contributed by atoms with Crippen molar-refractivity contribution >= 4 is 23.8 Å². The zero-order valence-corrected chi connectivity index (χ0v) is 16.7. The largest absolute Gasteiger partial charge is 0.468 e. The van der Waals surface area contributed by atoms with E-state index >= 15 is 0 Å². The molecule has 0 radical (unpaired) electrons. The summed E-state index contributed by atoms with van der Waals surface area (Å²) in [5.41, 5.74) is -3.53. The van der Waals surface area contributed by atoms with Crippen molar-refractivity contribution in [3.8, 4) is 12.1 Å². The Kier molecular flexibility index (Phi) is 16.4. The Labute approximate surface area is 175 Å². The number of hydrogen-bond donors (Lipinski definition) is 3. The van der Waals surface area contributed by atoms with Gasteiger partial charge in [0.2, 0.25) is 11.3 Å². The van der Waals surface area contributed by atoms with Crippen molar-refractivity contribution in [2.75, 3.05) is 40.1 Å². The van der Waals surface area contributed by atoms with E-state index in [1.165, 1.54) is 0 Å². The third kappa shape index (κ3) is 9.82. The van der Waals surface area contributed by atoms with Crippen LogP contribution in [0.5, 0.6) is 0 Å². The first-order chi connectivity index (χ1) is 13.5. The van der Waals surface area contributed by atoms with Crippen LogP contribution in [0.3, 0.4) is 0 Å². The molecule has 0 heterocycles. The molecule has 0 aromatic heterocycles. The monoisotopic (exact) mass is 431 g/mol. The molecular formula is C18H29N3O9. The Morgan fingerprint density at radius 2 is 1.33 bits per heavy atom. The number of nitrogens with one attached hydrogen (secondary N) is 1. The first-order valence-electron chi connectivity index (χ1n) is 8.22. The molecule has 3 N–H and O–H groups in total. The molecule has 0 fully saturated rings. The maximum absolute atomic E-state index is 11.5. The highest BCUT2D eigenvalue weighted by Crippen LogP contribution is 2.18. The van der Waals surface area contributed by atoms with Gasteiger partial charge in [-0.15, -0.1) is 0 Å². The lowest BCUT2D eigenvalue weighted by Crippen LogP contribution is -2.46. The minimum atomic E-state index is -1.82. The number of carbonyl (C=O) groups excluding carboxylic acids is 4. The van der Waals surface area contributed by atoms with Crippen molar-refractivity contribution in [2.24, 2.45) is 10.8 Å². The Morgan fingerprint density at radius 3 is 1.60 bits per heavy atom. The maximum Gasteiger partial charge on any atom is 0.332 e. The lowest BCUT2D eigenvalue weighted by molar-refractivity contribution is -0.159. The summed E-state index contributed by atoms with van der Waals surface area (Å²) in [6.45, 7) is 1.91. The minimum absolute atomic E-state index is 0. The average molecular weight is 431 g/mol. The fourth-order valence-corrected chi connectivity index (χ4v) is 1.56. The van der Waals surface area contributed by atoms with Gasteiger partial charge in [0.25, 0.3) is 0 Å². The number of nitrogens with zero attached hydrogens (tertiary/aromatic N) is 2. The second-order valence-corrected chi connectivity index (χ2v) is 5.62. The third-order valence-corrected chi connectivity index (χ3v) is 3.36. The van der Waals surface area contributed by atoms with Crippen molar-refractivity contribution in [3.63, 3.8) is 0 Å². The van der Waals surface area contributed by atoms with E-state index in [1.54, 1.807) is 19.1 Å². The Hall–Kier alpha value is -3.22. The molecule has 0 aliphatic heterocycles. The standard InChI is InChI=1S/C9H14N2O4.C8H11NO5.CH4/c1-3-11-8(14)9(4-10,5-12)6-15-7(2)13;1-6(11)14-5-8(3-9,4-10)7(12)13-2;/h12H,3,5-6H2,1-2H3,(H,11,14);10H,4-5H2,1-2H3;1H4. The number of nitriles is 2. The summed E-state index contributed by atoms with van der Waals surface area (Å²) in [4.78, 5) is 43.6. The van der Waals surface area contributed by atoms with Crippen molar-refractivity contribution in [1.29, 1.82) is 10.5 Å². The molecule has 170 valence electrons. The van der Waals surface area contributed by atoms with Crippen LogP contribution in [0.25, 0.3) is 0 Å². The van der Waals surface area contributed by atoms with E-state index in [2.05, 4.69) is 19.5 Å². The molecule has 2 atom stereocenters. The number of aliphatic hydroxyl groups excluding tert-OH is 2. The fraction of sp³-hybridized carbons (Fsp3) is 0.667. The van der Waals surface area contributed by atoms with Gasteiger partial charge in [-0.05, 0) is 6.92 Å². The topological polar surface area (TPSA) is 196 Å². The molecule has 0 aromatic rings. The van der Waals surface area contributed by atoms with E-state index in [0.717, 1.165) is 21.0 Å². The second-order valence-electron chi connectivity index (χ2n) is 5.62. The van der Waals surface area contributed by atoms with Gasteiger partial charge in [-0.1, -0.05) is 7.43 Å². The Bertz CT molecular complexity index is 669. The van der Waals surface area contributed by atoms with Crippen molar-refractivity contribution < 1.29 is 43.6 Å². The van der Waals surface area contributed by atoms with Crippen LogP contribution >= 0.6 is 0 Å². The number of carbonyl (C=O) groups is 4. The molecule has 12 nitrogen and oxygen atoms in total. The van der Waals surface area contributed by atoms with Crippen LogP contribution in [0.1, 0.15) is 28.2 Å². The normalized spacial score (nSPS) is 13.1. The van der Waals surface area contributed by atoms with Crippen LogP contribution in [-0.2, 0) is 33.4 Å². The van der Waals surface area contributed by atoms with E-state index in [0.29, 0.717) is 6.54 Å². The molecule has 0 aromatic carbocycles. The molecule has 0 aliphatic rings. The quantitative estimate of drug-likeness (QED) is 0.300. The highest BCUT2D eigenvalue weighted by atomic mass is 16.5. The van der Waals surface area contributed by atoms with Crippen LogP contribution in [0.15, 0.2) is 0 Å². The fourth-order valence-electron chi connectivity index (χ4n) is 1.56. The molecule has 30 heavy (non-hydrogen) atoms. The SMILES string of the molecule is C.CCNC(=O)C(C#N)(CO)COC(C)=O.COC(=O)C(C#N)(CO)COC(C)=O. The van der Waals surface area contributed by atoms with E-state index in [1.807, 2.05) is 0 Å². The molecular weight excluding hydrogens is 402 g/mol. The summed E-state index contributed by atoms with van der Waals surface area (Å²) in [5, 5.41) is 37.8. The van der Waals surface area contributed by atoms with Crippen LogP contribution in [0.4, 0.5) is 0 Å². The highest BCUT2D eigenvalue weighted by molar-refractivity contribution is 5.86. The summed E-state index contributed by atoms with van der Waals surface area (Å²) in [7, 11) is 1.08. The molecule has 0 saturated heterocycles. The van der Waals surface area contributed by atoms with E-state index in [4.69, 9.17) is 20.7 Å². The Morgan fingerprint density at radius 1 is 0.933 bits per heavy atom.